The van der Waals surface area contributed by atoms with Crippen molar-refractivity contribution in [3.05, 3.63) is 41.6 Å². The van der Waals surface area contributed by atoms with Gasteiger partial charge in [0.05, 0.1) is 39.0 Å². The average molecular weight is 903 g/mol. The lowest BCUT2D eigenvalue weighted by Crippen LogP contribution is -2.57. The first-order valence-electron chi connectivity index (χ1n) is 21.9. The molecule has 3 saturated heterocycles. The standard InChI is InChI=1S/C43H53F3N6O10S/c1-25(2)23-61-39(56)48-30-10-8-6-4-5-7-9-26-20-42(26,38(55)52-41(13-14-41)63(52,57)58)49-36(53)32-22-40(24-51(32)37(30)54)21-31(50-15-17-60-18-16-50)33-28-19-27(59-3)11-12-29(28)47-35(34(33)62-40)43(44,45)46/h7,9,11-12,19,25-26,30-32H,4-6,8,10,13-18,20-24H2,1-3H3,(H,48,56)(H,49,53)/b9-7-/t26-,30+,31+,32+,40-,42-,52?/m1/s1. The Hall–Kier alpha value is -4.69. The van der Waals surface area contributed by atoms with Crippen molar-refractivity contribution in [3.63, 3.8) is 0 Å². The summed E-state index contributed by atoms with van der Waals surface area (Å²) >= 11 is 0. The van der Waals surface area contributed by atoms with Crippen molar-refractivity contribution in [1.82, 2.24) is 29.7 Å². The Labute approximate surface area is 363 Å². The maximum atomic E-state index is 15.3. The third-order valence-corrected chi connectivity index (χ3v) is 16.1. The molecule has 16 nitrogen and oxygen atoms in total. The number of rotatable bonds is 6. The molecule has 4 amide bonds. The maximum absolute atomic E-state index is 15.3. The summed E-state index contributed by atoms with van der Waals surface area (Å²) in [6.07, 6.45) is 1.05. The molecule has 5 aliphatic heterocycles. The van der Waals surface area contributed by atoms with Gasteiger partial charge in [-0.1, -0.05) is 38.8 Å². The topological polar surface area (TPSA) is 186 Å². The van der Waals surface area contributed by atoms with E-state index in [1.54, 1.807) is 6.07 Å². The molecule has 0 radical (unpaired) electrons. The van der Waals surface area contributed by atoms with Crippen LogP contribution in [0.25, 0.3) is 10.9 Å². The van der Waals surface area contributed by atoms with Crippen molar-refractivity contribution < 1.29 is 59.7 Å². The highest BCUT2D eigenvalue weighted by Gasteiger charge is 2.83. The van der Waals surface area contributed by atoms with Gasteiger partial charge in [0.15, 0.2) is 16.3 Å². The molecule has 2 saturated carbocycles. The zero-order valence-electron chi connectivity index (χ0n) is 35.5. The van der Waals surface area contributed by atoms with Gasteiger partial charge in [0.25, 0.3) is 15.9 Å². The van der Waals surface area contributed by atoms with E-state index in [0.29, 0.717) is 76.0 Å². The number of fused-ring (bicyclic) bond motifs is 5. The van der Waals surface area contributed by atoms with Crippen molar-refractivity contribution in [1.29, 1.82) is 0 Å². The molecule has 7 aliphatic rings. The number of hydrogen-bond donors (Lipinski definition) is 2. The Morgan fingerprint density at radius 2 is 1.81 bits per heavy atom. The van der Waals surface area contributed by atoms with Crippen molar-refractivity contribution in [3.8, 4) is 11.5 Å². The molecule has 2 aromatic rings. The maximum Gasteiger partial charge on any atom is 0.437 e. The van der Waals surface area contributed by atoms with E-state index in [1.807, 2.05) is 30.9 Å². The Bertz CT molecular complexity index is 2350. The second kappa shape index (κ2) is 15.8. The molecule has 2 spiro atoms. The lowest BCUT2D eigenvalue weighted by molar-refractivity contribution is -0.145. The van der Waals surface area contributed by atoms with Gasteiger partial charge < -0.3 is 34.5 Å². The van der Waals surface area contributed by atoms with Gasteiger partial charge in [-0.3, -0.25) is 19.3 Å². The number of amides is 4. The number of halogens is 3. The smallest absolute Gasteiger partial charge is 0.437 e. The number of ether oxygens (including phenoxy) is 4. The normalized spacial score (nSPS) is 31.8. The van der Waals surface area contributed by atoms with Crippen LogP contribution in [0.4, 0.5) is 18.0 Å². The predicted molar refractivity (Wildman–Crippen MR) is 219 cm³/mol. The van der Waals surface area contributed by atoms with Gasteiger partial charge in [-0.05, 0) is 62.6 Å². The summed E-state index contributed by atoms with van der Waals surface area (Å²) in [5, 5.41) is 5.98. The van der Waals surface area contributed by atoms with Gasteiger partial charge in [-0.25, -0.2) is 22.5 Å². The monoisotopic (exact) mass is 902 g/mol. The Morgan fingerprint density at radius 3 is 2.49 bits per heavy atom. The van der Waals surface area contributed by atoms with Crippen LogP contribution in [-0.4, -0.2) is 126 Å². The number of nitrogens with one attached hydrogen (secondary N) is 2. The number of hydrogen-bond acceptors (Lipinski definition) is 12. The number of benzene rings is 1. The van der Waals surface area contributed by atoms with Crippen LogP contribution in [0.2, 0.25) is 0 Å². The van der Waals surface area contributed by atoms with Gasteiger partial charge in [-0.15, -0.1) is 0 Å². The molecule has 9 rings (SSSR count). The second-order valence-corrected chi connectivity index (χ2v) is 20.5. The summed E-state index contributed by atoms with van der Waals surface area (Å²) in [4.78, 5) is 63.6. The third kappa shape index (κ3) is 7.66. The van der Waals surface area contributed by atoms with Crippen molar-refractivity contribution >= 4 is 44.7 Å². The summed E-state index contributed by atoms with van der Waals surface area (Å²) in [5.41, 5.74) is -4.17. The van der Waals surface area contributed by atoms with Crippen molar-refractivity contribution in [2.45, 2.75) is 118 Å². The minimum Gasteiger partial charge on any atom is -0.497 e. The van der Waals surface area contributed by atoms with E-state index < -0.39 is 91.5 Å². The van der Waals surface area contributed by atoms with Crippen molar-refractivity contribution in [2.75, 3.05) is 46.6 Å². The molecule has 6 heterocycles. The third-order valence-electron chi connectivity index (χ3n) is 13.7. The quantitative estimate of drug-likeness (QED) is 0.305. The van der Waals surface area contributed by atoms with Crippen LogP contribution in [0.1, 0.15) is 95.4 Å². The zero-order valence-corrected chi connectivity index (χ0v) is 36.3. The summed E-state index contributed by atoms with van der Waals surface area (Å²) in [5.74, 6) is -2.88. The summed E-state index contributed by atoms with van der Waals surface area (Å²) in [7, 11) is -2.42. The molecular weight excluding hydrogens is 850 g/mol. The van der Waals surface area contributed by atoms with Crippen LogP contribution < -0.4 is 20.1 Å². The van der Waals surface area contributed by atoms with Crippen LogP contribution in [0.5, 0.6) is 11.5 Å². The summed E-state index contributed by atoms with van der Waals surface area (Å²) < 4.78 is 96.0. The minimum absolute atomic E-state index is 0.00277. The highest BCUT2D eigenvalue weighted by Crippen LogP contribution is 2.65. The molecule has 342 valence electrons. The zero-order chi connectivity index (χ0) is 44.7. The first-order chi connectivity index (χ1) is 29.9. The van der Waals surface area contributed by atoms with E-state index >= 15 is 18.0 Å². The van der Waals surface area contributed by atoms with E-state index in [1.165, 1.54) is 24.1 Å². The Kier molecular flexibility index (Phi) is 10.9. The molecule has 5 fully saturated rings. The van der Waals surface area contributed by atoms with Gasteiger partial charge >= 0.3 is 12.3 Å². The fourth-order valence-electron chi connectivity index (χ4n) is 10.1. The van der Waals surface area contributed by atoms with Crippen molar-refractivity contribution in [2.24, 2.45) is 11.8 Å². The molecule has 2 N–H and O–H groups in total. The van der Waals surface area contributed by atoms with Gasteiger partial charge in [0, 0.05) is 48.8 Å². The van der Waals surface area contributed by atoms with Crippen LogP contribution in [0.15, 0.2) is 30.4 Å². The summed E-state index contributed by atoms with van der Waals surface area (Å²) in [6.45, 7) is 4.80. The number of methoxy groups -OCH3 is 1. The van der Waals surface area contributed by atoms with E-state index in [4.69, 9.17) is 18.9 Å². The fraction of sp³-hybridized carbons (Fsp3) is 0.651. The van der Waals surface area contributed by atoms with Gasteiger partial charge in [-0.2, -0.15) is 13.2 Å². The minimum atomic E-state index is -4.98. The molecule has 2 aliphatic carbocycles. The molecule has 20 heteroatoms. The number of pyridine rings is 1. The predicted octanol–water partition coefficient (Wildman–Crippen LogP) is 4.57. The number of aromatic nitrogens is 1. The molecule has 6 atom stereocenters. The van der Waals surface area contributed by atoms with Gasteiger partial charge in [0.1, 0.15) is 29.0 Å². The number of carbonyl (C=O) groups is 4. The number of alkyl carbamates (subject to hydrolysis) is 1. The summed E-state index contributed by atoms with van der Waals surface area (Å²) in [6, 6.07) is 1.28. The SMILES string of the molecule is COc1ccc2nc(C(F)(F)F)c3c(c2c1)[C@@H](N1CCOCC1)C[C@]1(C[C@H]2C(=O)N[C@]4(C(=O)N5C6(CC6)S5(=O)=O)C[C@H]4/C=C\CCCCC[C@H](NC(=O)OCC(C)C)C(=O)N2C1)O3. The van der Waals surface area contributed by atoms with E-state index in [-0.39, 0.29) is 55.8 Å². The molecule has 1 aromatic carbocycles. The van der Waals surface area contributed by atoms with Crippen LogP contribution in [0, 0.1) is 11.8 Å². The number of allylic oxidation sites excluding steroid dienone is 1. The van der Waals surface area contributed by atoms with Gasteiger partial charge in [0.2, 0.25) is 11.8 Å². The number of nitrogens with zero attached hydrogens (tertiary/aromatic N) is 4. The fourth-order valence-corrected chi connectivity index (χ4v) is 12.2. The van der Waals surface area contributed by atoms with Crippen LogP contribution >= 0.6 is 0 Å². The lowest BCUT2D eigenvalue weighted by Gasteiger charge is -2.45. The molecule has 0 bridgehead atoms. The lowest BCUT2D eigenvalue weighted by atomic mass is 9.82. The Morgan fingerprint density at radius 1 is 1.06 bits per heavy atom. The van der Waals surface area contributed by atoms with E-state index in [2.05, 4.69) is 15.6 Å². The van der Waals surface area contributed by atoms with E-state index in [9.17, 15) is 22.8 Å². The number of sulfonamides is 1. The molecule has 0 unspecified atom stereocenters. The molecule has 63 heavy (non-hydrogen) atoms. The highest BCUT2D eigenvalue weighted by molar-refractivity contribution is 7.98. The largest absolute Gasteiger partial charge is 0.497 e. The average Bonchev–Trinajstić information content (AvgIpc) is 4.20. The second-order valence-electron chi connectivity index (χ2n) is 18.5. The Balaban J connectivity index is 1.14. The van der Waals surface area contributed by atoms with E-state index in [0.717, 1.165) is 4.31 Å². The molecule has 1 aromatic heterocycles. The number of alkyl halides is 3. The molecular formula is C43H53F3N6O10S. The first kappa shape index (κ1) is 43.6. The highest BCUT2D eigenvalue weighted by atomic mass is 32.2. The van der Waals surface area contributed by atoms with Crippen LogP contribution in [0.3, 0.4) is 0 Å². The van der Waals surface area contributed by atoms with Crippen LogP contribution in [-0.2, 0) is 40.1 Å². The number of morpholine rings is 1. The first-order valence-corrected chi connectivity index (χ1v) is 23.3. The number of carbonyl (C=O) groups excluding carboxylic acids is 4.